The van der Waals surface area contributed by atoms with Crippen molar-refractivity contribution < 1.29 is 19.1 Å². The van der Waals surface area contributed by atoms with E-state index >= 15 is 0 Å². The topological polar surface area (TPSA) is 116 Å². The molecular formula is C24H38N6O4. The van der Waals surface area contributed by atoms with Gasteiger partial charge in [-0.3, -0.25) is 10.2 Å². The van der Waals surface area contributed by atoms with Crippen molar-refractivity contribution in [1.29, 1.82) is 0 Å². The van der Waals surface area contributed by atoms with E-state index in [4.69, 9.17) is 9.47 Å². The molecule has 2 aromatic rings. The summed E-state index contributed by atoms with van der Waals surface area (Å²) in [6.45, 7) is 17.7. The highest BCUT2D eigenvalue weighted by atomic mass is 16.6. The first-order valence-electron chi connectivity index (χ1n) is 11.7. The average molecular weight is 475 g/mol. The predicted molar refractivity (Wildman–Crippen MR) is 127 cm³/mol. The number of nitrogens with one attached hydrogen (secondary N) is 2. The third kappa shape index (κ3) is 6.51. The van der Waals surface area contributed by atoms with Crippen molar-refractivity contribution >= 4 is 12.2 Å². The van der Waals surface area contributed by atoms with Crippen molar-refractivity contribution in [2.24, 2.45) is 0 Å². The smallest absolute Gasteiger partial charge is 0.410 e. The molecule has 0 saturated heterocycles. The van der Waals surface area contributed by atoms with Crippen molar-refractivity contribution in [3.05, 3.63) is 33.9 Å². The third-order valence-corrected chi connectivity index (χ3v) is 5.56. The molecule has 0 radical (unpaired) electrons. The summed E-state index contributed by atoms with van der Waals surface area (Å²) in [6.07, 6.45) is 1.09. The Morgan fingerprint density at radius 2 is 1.09 bits per heavy atom. The second-order valence-corrected chi connectivity index (χ2v) is 10.9. The molecule has 0 saturated carbocycles. The quantitative estimate of drug-likeness (QED) is 0.596. The maximum atomic E-state index is 11.9. The van der Waals surface area contributed by atoms with Gasteiger partial charge in [0.1, 0.15) is 11.2 Å². The second kappa shape index (κ2) is 9.68. The Hall–Kier alpha value is -3.04. The van der Waals surface area contributed by atoms with E-state index in [2.05, 4.69) is 20.4 Å². The fourth-order valence-corrected chi connectivity index (χ4v) is 3.82. The predicted octanol–water partition coefficient (Wildman–Crippen LogP) is 4.02. The fourth-order valence-electron chi connectivity index (χ4n) is 3.82. The van der Waals surface area contributed by atoms with Gasteiger partial charge < -0.3 is 19.3 Å². The molecule has 10 nitrogen and oxygen atoms in total. The van der Waals surface area contributed by atoms with Crippen LogP contribution in [0.3, 0.4) is 0 Å². The first-order chi connectivity index (χ1) is 15.7. The number of nitrogens with zero attached hydrogens (tertiary/aromatic N) is 4. The van der Waals surface area contributed by atoms with E-state index in [1.54, 1.807) is 9.80 Å². The molecule has 2 aliphatic heterocycles. The van der Waals surface area contributed by atoms with Gasteiger partial charge in [0.25, 0.3) is 0 Å². The van der Waals surface area contributed by atoms with Crippen LogP contribution in [-0.4, -0.2) is 66.7 Å². The SMILES string of the molecule is Cc1[nH]nc2c1CN(C(=O)OC(C)(C)C)CC2.Cc1[nH]nc2c1CN(C(=O)OC(C)(C)C)CC2. The number of H-pyrrole nitrogens is 2. The van der Waals surface area contributed by atoms with Crippen LogP contribution in [0.15, 0.2) is 0 Å². The molecule has 2 amide bonds. The molecule has 0 aliphatic carbocycles. The van der Waals surface area contributed by atoms with Gasteiger partial charge >= 0.3 is 12.2 Å². The highest BCUT2D eigenvalue weighted by Gasteiger charge is 2.29. The number of aromatic nitrogens is 4. The van der Waals surface area contributed by atoms with Crippen molar-refractivity contribution in [3.63, 3.8) is 0 Å². The standard InChI is InChI=1S/2C12H19N3O2/c2*1-8-9-7-15(6-5-10(9)14-13-8)11(16)17-12(2,3)4/h2*5-7H2,1-4H3,(H,13,14). The number of hydrogen-bond donors (Lipinski definition) is 2. The van der Waals surface area contributed by atoms with Gasteiger partial charge in [-0.25, -0.2) is 9.59 Å². The molecule has 10 heteroatoms. The van der Waals surface area contributed by atoms with Gasteiger partial charge in [-0.1, -0.05) is 0 Å². The number of ether oxygens (including phenoxy) is 2. The monoisotopic (exact) mass is 474 g/mol. The zero-order valence-electron chi connectivity index (χ0n) is 21.7. The summed E-state index contributed by atoms with van der Waals surface area (Å²) in [4.78, 5) is 27.3. The molecule has 0 unspecified atom stereocenters. The Balaban J connectivity index is 0.000000191. The van der Waals surface area contributed by atoms with E-state index in [0.29, 0.717) is 26.2 Å². The highest BCUT2D eigenvalue weighted by Crippen LogP contribution is 2.22. The van der Waals surface area contributed by atoms with Gasteiger partial charge in [0.2, 0.25) is 0 Å². The Morgan fingerprint density at radius 3 is 1.41 bits per heavy atom. The van der Waals surface area contributed by atoms with Crippen molar-refractivity contribution in [3.8, 4) is 0 Å². The molecule has 0 aromatic carbocycles. The fraction of sp³-hybridized carbons (Fsp3) is 0.667. The number of amides is 2. The lowest BCUT2D eigenvalue weighted by molar-refractivity contribution is 0.0213. The van der Waals surface area contributed by atoms with Gasteiger partial charge in [0.15, 0.2) is 0 Å². The molecule has 0 bridgehead atoms. The van der Waals surface area contributed by atoms with Crippen LogP contribution in [0.2, 0.25) is 0 Å². The summed E-state index contributed by atoms with van der Waals surface area (Å²) < 4.78 is 10.7. The Labute approximate surface area is 201 Å². The lowest BCUT2D eigenvalue weighted by Gasteiger charge is -2.29. The largest absolute Gasteiger partial charge is 0.444 e. The molecule has 0 spiro atoms. The Morgan fingerprint density at radius 1 is 0.735 bits per heavy atom. The lowest BCUT2D eigenvalue weighted by Crippen LogP contribution is -2.39. The van der Waals surface area contributed by atoms with Crippen LogP contribution in [0.5, 0.6) is 0 Å². The number of fused-ring (bicyclic) bond motifs is 2. The number of carbonyl (C=O) groups excluding carboxylic acids is 2. The molecule has 2 N–H and O–H groups in total. The molecule has 4 rings (SSSR count). The summed E-state index contributed by atoms with van der Waals surface area (Å²) >= 11 is 0. The molecular weight excluding hydrogens is 436 g/mol. The minimum Gasteiger partial charge on any atom is -0.444 e. The third-order valence-electron chi connectivity index (χ3n) is 5.56. The van der Waals surface area contributed by atoms with Crippen LogP contribution in [0.1, 0.15) is 75.4 Å². The van der Waals surface area contributed by atoms with E-state index in [9.17, 15) is 9.59 Å². The van der Waals surface area contributed by atoms with E-state index in [1.807, 2.05) is 55.4 Å². The van der Waals surface area contributed by atoms with Crippen LogP contribution in [0.25, 0.3) is 0 Å². The van der Waals surface area contributed by atoms with Crippen molar-refractivity contribution in [2.75, 3.05) is 13.1 Å². The minimum absolute atomic E-state index is 0.247. The number of hydrogen-bond acceptors (Lipinski definition) is 6. The molecule has 0 fully saturated rings. The summed E-state index contributed by atoms with van der Waals surface area (Å²) in [5, 5.41) is 14.4. The molecule has 188 valence electrons. The van der Waals surface area contributed by atoms with Crippen LogP contribution >= 0.6 is 0 Å². The number of carbonyl (C=O) groups is 2. The maximum Gasteiger partial charge on any atom is 0.410 e. The summed E-state index contributed by atoms with van der Waals surface area (Å²) in [5.74, 6) is 0. The van der Waals surface area contributed by atoms with E-state index in [-0.39, 0.29) is 12.2 Å². The normalized spacial score (nSPS) is 15.6. The molecule has 2 aliphatic rings. The van der Waals surface area contributed by atoms with Gasteiger partial charge in [-0.15, -0.1) is 0 Å². The van der Waals surface area contributed by atoms with E-state index in [0.717, 1.165) is 46.7 Å². The Kier molecular flexibility index (Phi) is 7.28. The van der Waals surface area contributed by atoms with Gasteiger partial charge in [-0.05, 0) is 55.4 Å². The van der Waals surface area contributed by atoms with E-state index < -0.39 is 11.2 Å². The zero-order valence-corrected chi connectivity index (χ0v) is 21.7. The highest BCUT2D eigenvalue weighted by molar-refractivity contribution is 5.69. The number of aryl methyl sites for hydroxylation is 2. The average Bonchev–Trinajstić information content (AvgIpc) is 3.28. The maximum absolute atomic E-state index is 11.9. The lowest BCUT2D eigenvalue weighted by atomic mass is 10.1. The van der Waals surface area contributed by atoms with Gasteiger partial charge in [-0.2, -0.15) is 10.2 Å². The number of aromatic amines is 2. The Bertz CT molecular complexity index is 945. The van der Waals surface area contributed by atoms with E-state index in [1.165, 1.54) is 0 Å². The summed E-state index contributed by atoms with van der Waals surface area (Å²) in [5.41, 5.74) is 5.58. The molecule has 0 atom stereocenters. The van der Waals surface area contributed by atoms with Crippen LogP contribution in [0.4, 0.5) is 9.59 Å². The molecule has 34 heavy (non-hydrogen) atoms. The van der Waals surface area contributed by atoms with Crippen LogP contribution in [0, 0.1) is 13.8 Å². The number of rotatable bonds is 0. The minimum atomic E-state index is -0.442. The van der Waals surface area contributed by atoms with Crippen LogP contribution < -0.4 is 0 Å². The first-order valence-corrected chi connectivity index (χ1v) is 11.7. The zero-order chi connectivity index (χ0) is 25.3. The second-order valence-electron chi connectivity index (χ2n) is 10.9. The van der Waals surface area contributed by atoms with Crippen molar-refractivity contribution in [2.45, 2.75) is 92.5 Å². The van der Waals surface area contributed by atoms with Crippen molar-refractivity contribution in [1.82, 2.24) is 30.2 Å². The first kappa shape index (κ1) is 25.6. The molecule has 2 aromatic heterocycles. The van der Waals surface area contributed by atoms with Gasteiger partial charge in [0, 0.05) is 48.4 Å². The molecule has 4 heterocycles. The summed E-state index contributed by atoms with van der Waals surface area (Å²) in [6, 6.07) is 0. The van der Waals surface area contributed by atoms with Gasteiger partial charge in [0.05, 0.1) is 24.5 Å². The van der Waals surface area contributed by atoms with Crippen LogP contribution in [-0.2, 0) is 35.4 Å². The summed E-state index contributed by atoms with van der Waals surface area (Å²) in [7, 11) is 0.